The molecule has 0 saturated carbocycles. The first-order valence-electron chi connectivity index (χ1n) is 7.45. The number of hydrogen-bond acceptors (Lipinski definition) is 4. The lowest BCUT2D eigenvalue weighted by Crippen LogP contribution is -2.37. The number of rotatable bonds is 6. The van der Waals surface area contributed by atoms with Crippen LogP contribution in [-0.4, -0.2) is 32.8 Å². The minimum atomic E-state index is -4.66. The molecule has 0 bridgehead atoms. The molecule has 1 aromatic carbocycles. The van der Waals surface area contributed by atoms with E-state index in [4.69, 9.17) is 4.42 Å². The van der Waals surface area contributed by atoms with Gasteiger partial charge in [-0.1, -0.05) is 6.07 Å². The summed E-state index contributed by atoms with van der Waals surface area (Å²) in [6.07, 6.45) is -4.66. The Morgan fingerprint density at radius 2 is 1.92 bits per heavy atom. The van der Waals surface area contributed by atoms with Crippen molar-refractivity contribution in [1.29, 1.82) is 0 Å². The third-order valence-electron chi connectivity index (χ3n) is 3.50. The van der Waals surface area contributed by atoms with Gasteiger partial charge in [0.25, 0.3) is 0 Å². The number of likely N-dealkylation sites (N-methyl/N-ethyl adjacent to an activating group) is 1. The zero-order valence-corrected chi connectivity index (χ0v) is 14.8. The van der Waals surface area contributed by atoms with Gasteiger partial charge >= 0.3 is 6.18 Å². The monoisotopic (exact) mass is 390 g/mol. The number of carbonyl (C=O) groups excluding carboxylic acids is 1. The molecule has 2 rings (SSSR count). The fourth-order valence-corrected chi connectivity index (χ4v) is 3.13. The largest absolute Gasteiger partial charge is 0.464 e. The number of sulfonamides is 1. The smallest absolute Gasteiger partial charge is 0.416 e. The molecule has 0 saturated heterocycles. The minimum Gasteiger partial charge on any atom is -0.464 e. The maximum absolute atomic E-state index is 12.7. The zero-order chi connectivity index (χ0) is 19.5. The SMILES string of the molecule is Cc1ccc(CN(C)C(=O)CNS(=O)(=O)c2cccc(C(F)(F)F)c2)o1. The highest BCUT2D eigenvalue weighted by Crippen LogP contribution is 2.30. The Hall–Kier alpha value is -2.33. The summed E-state index contributed by atoms with van der Waals surface area (Å²) in [5.74, 6) is 0.639. The Morgan fingerprint density at radius 1 is 1.23 bits per heavy atom. The van der Waals surface area contributed by atoms with Crippen molar-refractivity contribution in [2.75, 3.05) is 13.6 Å². The lowest BCUT2D eigenvalue weighted by Gasteiger charge is -2.16. The molecule has 1 heterocycles. The van der Waals surface area contributed by atoms with Crippen molar-refractivity contribution < 1.29 is 30.8 Å². The van der Waals surface area contributed by atoms with Crippen LogP contribution in [0.2, 0.25) is 0 Å². The van der Waals surface area contributed by atoms with Crippen LogP contribution in [0, 0.1) is 6.92 Å². The maximum Gasteiger partial charge on any atom is 0.416 e. The van der Waals surface area contributed by atoms with Crippen molar-refractivity contribution in [3.8, 4) is 0 Å². The molecule has 0 aliphatic heterocycles. The lowest BCUT2D eigenvalue weighted by atomic mass is 10.2. The molecule has 26 heavy (non-hydrogen) atoms. The van der Waals surface area contributed by atoms with E-state index in [-0.39, 0.29) is 6.54 Å². The van der Waals surface area contributed by atoms with Crippen molar-refractivity contribution in [2.45, 2.75) is 24.5 Å². The average Bonchev–Trinajstić information content (AvgIpc) is 2.97. The standard InChI is InChI=1S/C16H17F3N2O4S/c1-11-6-7-13(25-11)10-21(2)15(22)9-20-26(23,24)14-5-3-4-12(8-14)16(17,18)19/h3-8,20H,9-10H2,1-2H3. The second kappa shape index (κ2) is 7.50. The molecule has 0 unspecified atom stereocenters. The molecule has 0 fully saturated rings. The number of carbonyl (C=O) groups is 1. The number of benzene rings is 1. The van der Waals surface area contributed by atoms with Crippen LogP contribution in [0.25, 0.3) is 0 Å². The highest BCUT2D eigenvalue weighted by Gasteiger charge is 2.31. The Morgan fingerprint density at radius 3 is 2.50 bits per heavy atom. The van der Waals surface area contributed by atoms with Gasteiger partial charge in [0.15, 0.2) is 0 Å². The van der Waals surface area contributed by atoms with Crippen LogP contribution in [0.5, 0.6) is 0 Å². The van der Waals surface area contributed by atoms with Crippen molar-refractivity contribution in [3.05, 3.63) is 53.5 Å². The highest BCUT2D eigenvalue weighted by molar-refractivity contribution is 7.89. The third kappa shape index (κ3) is 5.09. The first-order valence-corrected chi connectivity index (χ1v) is 8.93. The molecule has 1 aromatic heterocycles. The van der Waals surface area contributed by atoms with Gasteiger partial charge in [0.2, 0.25) is 15.9 Å². The second-order valence-corrected chi connectivity index (χ2v) is 7.38. The Labute approximate surface area is 148 Å². The number of amides is 1. The summed E-state index contributed by atoms with van der Waals surface area (Å²) in [5, 5.41) is 0. The Kier molecular flexibility index (Phi) is 5.77. The van der Waals surface area contributed by atoms with Crippen LogP contribution in [0.1, 0.15) is 17.1 Å². The van der Waals surface area contributed by atoms with Gasteiger partial charge in [-0.05, 0) is 37.3 Å². The maximum atomic E-state index is 12.7. The fourth-order valence-electron chi connectivity index (χ4n) is 2.11. The van der Waals surface area contributed by atoms with Crippen LogP contribution in [0.3, 0.4) is 0 Å². The van der Waals surface area contributed by atoms with Gasteiger partial charge < -0.3 is 9.32 Å². The quantitative estimate of drug-likeness (QED) is 0.822. The molecule has 1 N–H and O–H groups in total. The van der Waals surface area contributed by atoms with Crippen LogP contribution >= 0.6 is 0 Å². The molecule has 0 radical (unpaired) electrons. The van der Waals surface area contributed by atoms with Crippen LogP contribution in [0.4, 0.5) is 13.2 Å². The average molecular weight is 390 g/mol. The van der Waals surface area contributed by atoms with Crippen LogP contribution < -0.4 is 4.72 Å². The van der Waals surface area contributed by atoms with Crippen LogP contribution in [0.15, 0.2) is 45.7 Å². The topological polar surface area (TPSA) is 79.6 Å². The molecule has 142 valence electrons. The molecule has 0 aliphatic rings. The van der Waals surface area contributed by atoms with E-state index in [2.05, 4.69) is 0 Å². The first-order chi connectivity index (χ1) is 12.0. The molecule has 0 spiro atoms. The zero-order valence-electron chi connectivity index (χ0n) is 14.0. The summed E-state index contributed by atoms with van der Waals surface area (Å²) >= 11 is 0. The summed E-state index contributed by atoms with van der Waals surface area (Å²) in [6, 6.07) is 6.71. The summed E-state index contributed by atoms with van der Waals surface area (Å²) in [4.78, 5) is 12.7. The van der Waals surface area contributed by atoms with Crippen LogP contribution in [-0.2, 0) is 27.5 Å². The van der Waals surface area contributed by atoms with Gasteiger partial charge in [0.05, 0.1) is 23.5 Å². The predicted octanol–water partition coefficient (Wildman–Crippen LogP) is 2.54. The van der Waals surface area contributed by atoms with E-state index < -0.39 is 39.1 Å². The highest BCUT2D eigenvalue weighted by atomic mass is 32.2. The van der Waals surface area contributed by atoms with E-state index in [1.165, 1.54) is 11.9 Å². The summed E-state index contributed by atoms with van der Waals surface area (Å²) in [7, 11) is -2.80. The van der Waals surface area contributed by atoms with Gasteiger partial charge in [0, 0.05) is 7.05 Å². The molecule has 0 aliphatic carbocycles. The number of hydrogen-bond donors (Lipinski definition) is 1. The van der Waals surface area contributed by atoms with Gasteiger partial charge in [-0.2, -0.15) is 13.2 Å². The minimum absolute atomic E-state index is 0.137. The van der Waals surface area contributed by atoms with Crippen molar-refractivity contribution in [1.82, 2.24) is 9.62 Å². The molecule has 0 atom stereocenters. The molecular formula is C16H17F3N2O4S. The molecule has 2 aromatic rings. The van der Waals surface area contributed by atoms with E-state index in [9.17, 15) is 26.4 Å². The van der Waals surface area contributed by atoms with E-state index in [0.29, 0.717) is 17.6 Å². The van der Waals surface area contributed by atoms with E-state index >= 15 is 0 Å². The van der Waals surface area contributed by atoms with Crippen molar-refractivity contribution >= 4 is 15.9 Å². The summed E-state index contributed by atoms with van der Waals surface area (Å²) in [5.41, 5.74) is -1.09. The van der Waals surface area contributed by atoms with E-state index in [0.717, 1.165) is 18.2 Å². The first kappa shape index (κ1) is 20.0. The Balaban J connectivity index is 2.02. The number of nitrogens with zero attached hydrogens (tertiary/aromatic N) is 1. The summed E-state index contributed by atoms with van der Waals surface area (Å²) in [6.45, 7) is 1.29. The van der Waals surface area contributed by atoms with Gasteiger partial charge in [-0.15, -0.1) is 0 Å². The number of halogens is 3. The number of nitrogens with one attached hydrogen (secondary N) is 1. The van der Waals surface area contributed by atoms with Gasteiger partial charge in [0.1, 0.15) is 11.5 Å². The Bertz CT molecular complexity index is 891. The number of furan rings is 1. The van der Waals surface area contributed by atoms with Gasteiger partial charge in [-0.3, -0.25) is 4.79 Å². The number of aryl methyl sites for hydroxylation is 1. The normalized spacial score (nSPS) is 12.2. The number of alkyl halides is 3. The predicted molar refractivity (Wildman–Crippen MR) is 86.6 cm³/mol. The fraction of sp³-hybridized carbons (Fsp3) is 0.312. The molecular weight excluding hydrogens is 373 g/mol. The second-order valence-electron chi connectivity index (χ2n) is 5.61. The van der Waals surface area contributed by atoms with Gasteiger partial charge in [-0.25, -0.2) is 13.1 Å². The summed E-state index contributed by atoms with van der Waals surface area (Å²) < 4.78 is 69.7. The van der Waals surface area contributed by atoms with E-state index in [1.807, 2.05) is 4.72 Å². The third-order valence-corrected chi connectivity index (χ3v) is 4.90. The molecule has 1 amide bonds. The molecule has 6 nitrogen and oxygen atoms in total. The van der Waals surface area contributed by atoms with Crippen molar-refractivity contribution in [2.24, 2.45) is 0 Å². The van der Waals surface area contributed by atoms with Crippen molar-refractivity contribution in [3.63, 3.8) is 0 Å². The lowest BCUT2D eigenvalue weighted by molar-refractivity contribution is -0.137. The van der Waals surface area contributed by atoms with E-state index in [1.54, 1.807) is 19.1 Å². The molecule has 10 heteroatoms.